The van der Waals surface area contributed by atoms with Crippen LogP contribution < -0.4 is 5.32 Å². The van der Waals surface area contributed by atoms with Crippen molar-refractivity contribution in [2.45, 2.75) is 0 Å². The molecule has 1 aromatic carbocycles. The first-order valence-corrected chi connectivity index (χ1v) is 5.23. The van der Waals surface area contributed by atoms with Crippen LogP contribution in [0.2, 0.25) is 0 Å². The third-order valence-corrected chi connectivity index (χ3v) is 2.38. The standard InChI is InChI=1S/C12H8F2N2S/c13-9-4-10(14)6-11(5-9)16-12(17)8-2-1-3-15-7-8/h1-7H,(H,16,17). The van der Waals surface area contributed by atoms with Crippen LogP contribution in [0.5, 0.6) is 0 Å². The molecule has 0 amide bonds. The number of hydrogen-bond donors (Lipinski definition) is 1. The lowest BCUT2D eigenvalue weighted by atomic mass is 10.2. The van der Waals surface area contributed by atoms with E-state index in [2.05, 4.69) is 10.3 Å². The summed E-state index contributed by atoms with van der Waals surface area (Å²) in [6, 6.07) is 6.64. The van der Waals surface area contributed by atoms with Gasteiger partial charge in [0.2, 0.25) is 0 Å². The van der Waals surface area contributed by atoms with Crippen LogP contribution in [0.25, 0.3) is 0 Å². The van der Waals surface area contributed by atoms with Crippen molar-refractivity contribution in [3.63, 3.8) is 0 Å². The van der Waals surface area contributed by atoms with Crippen molar-refractivity contribution in [1.82, 2.24) is 4.98 Å². The van der Waals surface area contributed by atoms with E-state index < -0.39 is 11.6 Å². The van der Waals surface area contributed by atoms with Gasteiger partial charge < -0.3 is 5.32 Å². The van der Waals surface area contributed by atoms with Crippen LogP contribution in [0.1, 0.15) is 5.56 Å². The molecular weight excluding hydrogens is 242 g/mol. The molecule has 0 fully saturated rings. The normalized spacial score (nSPS) is 10.0. The third-order valence-electron chi connectivity index (χ3n) is 2.04. The molecule has 0 aliphatic rings. The highest BCUT2D eigenvalue weighted by Crippen LogP contribution is 2.14. The van der Waals surface area contributed by atoms with Gasteiger partial charge in [0, 0.05) is 29.7 Å². The molecule has 0 saturated carbocycles. The lowest BCUT2D eigenvalue weighted by Gasteiger charge is -2.07. The van der Waals surface area contributed by atoms with Crippen LogP contribution in [0.15, 0.2) is 42.7 Å². The maximum Gasteiger partial charge on any atom is 0.128 e. The Morgan fingerprint density at radius 1 is 1.18 bits per heavy atom. The summed E-state index contributed by atoms with van der Waals surface area (Å²) < 4.78 is 25.9. The Bertz CT molecular complexity index is 523. The van der Waals surface area contributed by atoms with Crippen molar-refractivity contribution in [2.24, 2.45) is 0 Å². The number of nitrogens with one attached hydrogen (secondary N) is 1. The summed E-state index contributed by atoms with van der Waals surface area (Å²) in [5.41, 5.74) is 0.962. The van der Waals surface area contributed by atoms with E-state index >= 15 is 0 Å². The Kier molecular flexibility index (Phi) is 3.39. The molecule has 0 aliphatic heterocycles. The predicted molar refractivity (Wildman–Crippen MR) is 65.9 cm³/mol. The first-order valence-electron chi connectivity index (χ1n) is 4.82. The number of halogens is 2. The average Bonchev–Trinajstić information content (AvgIpc) is 2.28. The van der Waals surface area contributed by atoms with Crippen molar-refractivity contribution in [3.05, 3.63) is 59.9 Å². The van der Waals surface area contributed by atoms with E-state index in [-0.39, 0.29) is 5.69 Å². The fourth-order valence-corrected chi connectivity index (χ4v) is 1.56. The molecule has 2 rings (SSSR count). The summed E-state index contributed by atoms with van der Waals surface area (Å²) in [5, 5.41) is 2.75. The van der Waals surface area contributed by atoms with Gasteiger partial charge in [-0.3, -0.25) is 4.98 Å². The van der Waals surface area contributed by atoms with E-state index in [1.54, 1.807) is 24.5 Å². The summed E-state index contributed by atoms with van der Waals surface area (Å²) in [6.07, 6.45) is 3.19. The molecule has 86 valence electrons. The van der Waals surface area contributed by atoms with Crippen molar-refractivity contribution in [1.29, 1.82) is 0 Å². The van der Waals surface area contributed by atoms with Gasteiger partial charge in [-0.15, -0.1) is 0 Å². The largest absolute Gasteiger partial charge is 0.346 e. The highest BCUT2D eigenvalue weighted by molar-refractivity contribution is 7.81. The van der Waals surface area contributed by atoms with Crippen LogP contribution in [-0.2, 0) is 0 Å². The van der Waals surface area contributed by atoms with E-state index in [0.29, 0.717) is 10.6 Å². The van der Waals surface area contributed by atoms with Gasteiger partial charge in [-0.05, 0) is 24.3 Å². The molecule has 0 unspecified atom stereocenters. The van der Waals surface area contributed by atoms with E-state index in [4.69, 9.17) is 12.2 Å². The summed E-state index contributed by atoms with van der Waals surface area (Å²) in [6.45, 7) is 0. The number of thiocarbonyl (C=S) groups is 1. The fourth-order valence-electron chi connectivity index (χ4n) is 1.33. The first-order chi connectivity index (χ1) is 8.15. The lowest BCUT2D eigenvalue weighted by Crippen LogP contribution is -2.11. The minimum atomic E-state index is -0.651. The number of pyridine rings is 1. The predicted octanol–water partition coefficient (Wildman–Crippen LogP) is 3.15. The SMILES string of the molecule is Fc1cc(F)cc(NC(=S)c2cccnc2)c1. The molecule has 2 nitrogen and oxygen atoms in total. The number of hydrogen-bond acceptors (Lipinski definition) is 2. The van der Waals surface area contributed by atoms with Crippen LogP contribution >= 0.6 is 12.2 Å². The summed E-state index contributed by atoms with van der Waals surface area (Å²) in [5.74, 6) is -1.30. The number of rotatable bonds is 2. The minimum Gasteiger partial charge on any atom is -0.346 e. The molecule has 17 heavy (non-hydrogen) atoms. The second kappa shape index (κ2) is 4.97. The van der Waals surface area contributed by atoms with Gasteiger partial charge in [-0.1, -0.05) is 12.2 Å². The Morgan fingerprint density at radius 2 is 1.88 bits per heavy atom. The number of nitrogens with zero attached hydrogens (tertiary/aromatic N) is 1. The molecule has 0 saturated heterocycles. The highest BCUT2D eigenvalue weighted by Gasteiger charge is 2.04. The van der Waals surface area contributed by atoms with E-state index in [0.717, 1.165) is 6.07 Å². The van der Waals surface area contributed by atoms with Crippen LogP contribution in [0, 0.1) is 11.6 Å². The van der Waals surface area contributed by atoms with Crippen LogP contribution in [0.4, 0.5) is 14.5 Å². The van der Waals surface area contributed by atoms with Gasteiger partial charge in [0.05, 0.1) is 0 Å². The lowest BCUT2D eigenvalue weighted by molar-refractivity contribution is 0.584. The Morgan fingerprint density at radius 3 is 2.47 bits per heavy atom. The quantitative estimate of drug-likeness (QED) is 0.829. The van der Waals surface area contributed by atoms with Crippen molar-refractivity contribution < 1.29 is 8.78 Å². The van der Waals surface area contributed by atoms with Crippen LogP contribution in [0.3, 0.4) is 0 Å². The zero-order chi connectivity index (χ0) is 12.3. The van der Waals surface area contributed by atoms with Gasteiger partial charge in [-0.25, -0.2) is 8.78 Å². The highest BCUT2D eigenvalue weighted by atomic mass is 32.1. The van der Waals surface area contributed by atoms with Gasteiger partial charge in [0.1, 0.15) is 16.6 Å². The average molecular weight is 250 g/mol. The monoisotopic (exact) mass is 250 g/mol. The number of anilines is 1. The zero-order valence-corrected chi connectivity index (χ0v) is 9.47. The number of aromatic nitrogens is 1. The number of benzene rings is 1. The third kappa shape index (κ3) is 3.04. The molecule has 1 aromatic heterocycles. The fraction of sp³-hybridized carbons (Fsp3) is 0. The summed E-state index contributed by atoms with van der Waals surface area (Å²) in [7, 11) is 0. The molecular formula is C12H8F2N2S. The van der Waals surface area contributed by atoms with Crippen molar-refractivity contribution >= 4 is 22.9 Å². The first kappa shape index (κ1) is 11.6. The molecule has 0 spiro atoms. The van der Waals surface area contributed by atoms with Crippen molar-refractivity contribution in [3.8, 4) is 0 Å². The molecule has 5 heteroatoms. The molecule has 0 aliphatic carbocycles. The molecule has 0 atom stereocenters. The second-order valence-electron chi connectivity index (χ2n) is 3.35. The van der Waals surface area contributed by atoms with Crippen LogP contribution in [-0.4, -0.2) is 9.97 Å². The van der Waals surface area contributed by atoms with Gasteiger partial charge >= 0.3 is 0 Å². The maximum absolute atomic E-state index is 12.9. The van der Waals surface area contributed by atoms with E-state index in [1.165, 1.54) is 12.1 Å². The molecule has 2 aromatic rings. The van der Waals surface area contributed by atoms with E-state index in [9.17, 15) is 8.78 Å². The van der Waals surface area contributed by atoms with Crippen molar-refractivity contribution in [2.75, 3.05) is 5.32 Å². The topological polar surface area (TPSA) is 24.9 Å². The van der Waals surface area contributed by atoms with Gasteiger partial charge in [0.25, 0.3) is 0 Å². The summed E-state index contributed by atoms with van der Waals surface area (Å²) >= 11 is 5.09. The summed E-state index contributed by atoms with van der Waals surface area (Å²) in [4.78, 5) is 4.27. The molecule has 0 bridgehead atoms. The maximum atomic E-state index is 12.9. The zero-order valence-electron chi connectivity index (χ0n) is 8.65. The minimum absolute atomic E-state index is 0.274. The van der Waals surface area contributed by atoms with Gasteiger partial charge in [0.15, 0.2) is 0 Å². The Hall–Kier alpha value is -1.88. The van der Waals surface area contributed by atoms with Gasteiger partial charge in [-0.2, -0.15) is 0 Å². The Labute approximate surface area is 102 Å². The smallest absolute Gasteiger partial charge is 0.128 e. The molecule has 0 radical (unpaired) electrons. The second-order valence-corrected chi connectivity index (χ2v) is 3.76. The molecule has 1 heterocycles. The molecule has 1 N–H and O–H groups in total. The van der Waals surface area contributed by atoms with E-state index in [1.807, 2.05) is 0 Å². The Balaban J connectivity index is 2.19.